The molecule has 3 rings (SSSR count). The van der Waals surface area contributed by atoms with Gasteiger partial charge in [-0.25, -0.2) is 10.2 Å². The number of hydrogen-bond donors (Lipinski definition) is 2. The van der Waals surface area contributed by atoms with E-state index in [0.29, 0.717) is 22.8 Å². The van der Waals surface area contributed by atoms with Crippen molar-refractivity contribution in [1.29, 1.82) is 0 Å². The fourth-order valence-corrected chi connectivity index (χ4v) is 2.84. The summed E-state index contributed by atoms with van der Waals surface area (Å²) in [6.45, 7) is 1.91. The summed E-state index contributed by atoms with van der Waals surface area (Å²) in [5.74, 6) is 0. The highest BCUT2D eigenvalue weighted by molar-refractivity contribution is 7.61. The van der Waals surface area contributed by atoms with Gasteiger partial charge in [0.05, 0.1) is 28.1 Å². The van der Waals surface area contributed by atoms with Crippen LogP contribution in [0.2, 0.25) is 0 Å². The summed E-state index contributed by atoms with van der Waals surface area (Å²) >= 11 is 0. The Kier molecular flexibility index (Phi) is 4.51. The van der Waals surface area contributed by atoms with Crippen molar-refractivity contribution >= 4 is 12.9 Å². The SMILES string of the molecule is Cc1ccnc(-c2cc(P(=O)(O)OO)cc(-c3ccccn3)n2)c1. The first-order valence-electron chi connectivity index (χ1n) is 7.02. The predicted molar refractivity (Wildman–Crippen MR) is 88.6 cm³/mol. The van der Waals surface area contributed by atoms with Gasteiger partial charge in [0.15, 0.2) is 0 Å². The predicted octanol–water partition coefficient (Wildman–Crippen LogP) is 2.81. The van der Waals surface area contributed by atoms with E-state index in [9.17, 15) is 9.46 Å². The molecule has 8 heteroatoms. The number of nitrogens with zero attached hydrogens (tertiary/aromatic N) is 3. The number of pyridine rings is 3. The van der Waals surface area contributed by atoms with E-state index in [-0.39, 0.29) is 5.30 Å². The molecule has 1 unspecified atom stereocenters. The molecular weight excluding hydrogens is 329 g/mol. The third-order valence-electron chi connectivity index (χ3n) is 3.35. The lowest BCUT2D eigenvalue weighted by Gasteiger charge is -2.11. The molecule has 0 bridgehead atoms. The Morgan fingerprint density at radius 2 is 1.67 bits per heavy atom. The molecule has 0 aliphatic rings. The lowest BCUT2D eigenvalue weighted by molar-refractivity contribution is -0.143. The van der Waals surface area contributed by atoms with E-state index in [2.05, 4.69) is 19.6 Å². The molecule has 0 saturated heterocycles. The summed E-state index contributed by atoms with van der Waals surface area (Å²) in [6, 6.07) is 11.6. The molecule has 24 heavy (non-hydrogen) atoms. The number of hydrogen-bond acceptors (Lipinski definition) is 6. The van der Waals surface area contributed by atoms with E-state index < -0.39 is 7.60 Å². The van der Waals surface area contributed by atoms with Gasteiger partial charge in [-0.15, -0.1) is 4.67 Å². The molecule has 2 N–H and O–H groups in total. The zero-order valence-corrected chi connectivity index (χ0v) is 13.6. The number of aromatic nitrogens is 3. The molecule has 0 saturated carbocycles. The van der Waals surface area contributed by atoms with E-state index in [1.165, 1.54) is 12.1 Å². The maximum Gasteiger partial charge on any atom is 0.385 e. The van der Waals surface area contributed by atoms with Crippen LogP contribution in [0.5, 0.6) is 0 Å². The third kappa shape index (κ3) is 3.39. The topological polar surface area (TPSA) is 105 Å². The van der Waals surface area contributed by atoms with Crippen molar-refractivity contribution in [2.75, 3.05) is 0 Å². The van der Waals surface area contributed by atoms with Crippen LogP contribution >= 0.6 is 7.60 Å². The van der Waals surface area contributed by atoms with Gasteiger partial charge >= 0.3 is 7.60 Å². The van der Waals surface area contributed by atoms with E-state index in [0.717, 1.165) is 5.56 Å². The second-order valence-electron chi connectivity index (χ2n) is 5.13. The minimum absolute atomic E-state index is 0.0982. The Balaban J connectivity index is 2.22. The van der Waals surface area contributed by atoms with Gasteiger partial charge in [-0.3, -0.25) is 14.5 Å². The van der Waals surface area contributed by atoms with Gasteiger partial charge in [0.1, 0.15) is 0 Å². The first-order valence-corrected chi connectivity index (χ1v) is 8.60. The normalized spacial score (nSPS) is 13.5. The average molecular weight is 343 g/mol. The Morgan fingerprint density at radius 3 is 2.29 bits per heavy atom. The van der Waals surface area contributed by atoms with Crippen molar-refractivity contribution in [3.63, 3.8) is 0 Å². The van der Waals surface area contributed by atoms with Crippen LogP contribution in [-0.2, 0) is 9.24 Å². The first-order chi connectivity index (χ1) is 11.5. The number of rotatable bonds is 4. The van der Waals surface area contributed by atoms with Crippen LogP contribution in [0, 0.1) is 6.92 Å². The standard InChI is InChI=1S/C16H14N3O4P/c1-11-5-7-18-14(8-11)16-10-12(24(21,22)23-20)9-15(19-16)13-4-2-3-6-17-13/h2-10,20H,1H3,(H,21,22). The van der Waals surface area contributed by atoms with Gasteiger partial charge in [-0.2, -0.15) is 0 Å². The molecule has 0 spiro atoms. The zero-order valence-electron chi connectivity index (χ0n) is 12.7. The van der Waals surface area contributed by atoms with E-state index in [1.807, 2.05) is 13.0 Å². The van der Waals surface area contributed by atoms with Crippen molar-refractivity contribution < 1.29 is 19.4 Å². The van der Waals surface area contributed by atoms with Crippen molar-refractivity contribution in [2.45, 2.75) is 6.92 Å². The number of aryl methyl sites for hydroxylation is 1. The molecule has 0 amide bonds. The maximum atomic E-state index is 12.0. The molecule has 7 nitrogen and oxygen atoms in total. The van der Waals surface area contributed by atoms with Crippen LogP contribution in [-0.4, -0.2) is 25.1 Å². The van der Waals surface area contributed by atoms with Crippen LogP contribution in [0.15, 0.2) is 54.9 Å². The summed E-state index contributed by atoms with van der Waals surface area (Å²) in [5.41, 5.74) is 2.77. The summed E-state index contributed by atoms with van der Waals surface area (Å²) < 4.78 is 15.8. The van der Waals surface area contributed by atoms with E-state index >= 15 is 0 Å². The molecule has 0 fully saturated rings. The van der Waals surface area contributed by atoms with Gasteiger partial charge in [0, 0.05) is 12.4 Å². The molecule has 3 aromatic rings. The van der Waals surface area contributed by atoms with Gasteiger partial charge < -0.3 is 4.89 Å². The molecule has 0 aliphatic heterocycles. The largest absolute Gasteiger partial charge is 0.385 e. The van der Waals surface area contributed by atoms with Crippen molar-refractivity contribution in [3.8, 4) is 22.8 Å². The smallest absolute Gasteiger partial charge is 0.319 e. The quantitative estimate of drug-likeness (QED) is 0.426. The van der Waals surface area contributed by atoms with Crippen molar-refractivity contribution in [3.05, 3.63) is 60.4 Å². The summed E-state index contributed by atoms with van der Waals surface area (Å²) in [7, 11) is -4.37. The van der Waals surface area contributed by atoms with Crippen LogP contribution < -0.4 is 5.30 Å². The molecule has 3 heterocycles. The van der Waals surface area contributed by atoms with Crippen LogP contribution in [0.25, 0.3) is 22.8 Å². The highest BCUT2D eigenvalue weighted by Crippen LogP contribution is 2.40. The van der Waals surface area contributed by atoms with Crippen LogP contribution in [0.3, 0.4) is 0 Å². The lowest BCUT2D eigenvalue weighted by Crippen LogP contribution is -2.09. The van der Waals surface area contributed by atoms with Crippen LogP contribution in [0.4, 0.5) is 0 Å². The molecule has 0 aliphatic carbocycles. The second-order valence-corrected chi connectivity index (χ2v) is 6.85. The summed E-state index contributed by atoms with van der Waals surface area (Å²) in [4.78, 5) is 22.7. The first kappa shape index (κ1) is 16.4. The highest BCUT2D eigenvalue weighted by atomic mass is 31.2. The summed E-state index contributed by atoms with van der Waals surface area (Å²) in [5, 5.41) is 8.65. The molecule has 122 valence electrons. The average Bonchev–Trinajstić information content (AvgIpc) is 2.62. The van der Waals surface area contributed by atoms with Gasteiger partial charge in [-0.05, 0) is 48.9 Å². The Hall–Kier alpha value is -2.44. The lowest BCUT2D eigenvalue weighted by atomic mass is 10.1. The monoisotopic (exact) mass is 343 g/mol. The Morgan fingerprint density at radius 1 is 0.958 bits per heavy atom. The van der Waals surface area contributed by atoms with Crippen molar-refractivity contribution in [1.82, 2.24) is 15.0 Å². The highest BCUT2D eigenvalue weighted by Gasteiger charge is 2.25. The Bertz CT molecular complexity index is 918. The van der Waals surface area contributed by atoms with E-state index in [1.54, 1.807) is 36.7 Å². The minimum atomic E-state index is -4.37. The van der Waals surface area contributed by atoms with Gasteiger partial charge in [0.2, 0.25) is 0 Å². The fraction of sp³-hybridized carbons (Fsp3) is 0.0625. The molecule has 1 atom stereocenters. The molecule has 0 radical (unpaired) electrons. The third-order valence-corrected chi connectivity index (χ3v) is 4.48. The molecular formula is C16H14N3O4P. The van der Waals surface area contributed by atoms with Gasteiger partial charge in [0.25, 0.3) is 0 Å². The zero-order chi connectivity index (χ0) is 17.2. The van der Waals surface area contributed by atoms with E-state index in [4.69, 9.17) is 5.26 Å². The molecule has 3 aromatic heterocycles. The van der Waals surface area contributed by atoms with Gasteiger partial charge in [-0.1, -0.05) is 6.07 Å². The second kappa shape index (κ2) is 6.59. The van der Waals surface area contributed by atoms with Crippen molar-refractivity contribution in [2.24, 2.45) is 0 Å². The fourth-order valence-electron chi connectivity index (χ4n) is 2.18. The molecule has 0 aromatic carbocycles. The summed E-state index contributed by atoms with van der Waals surface area (Å²) in [6.07, 6.45) is 3.22. The Labute approximate surface area is 138 Å². The maximum absolute atomic E-state index is 12.0. The van der Waals surface area contributed by atoms with Crippen LogP contribution in [0.1, 0.15) is 5.56 Å². The minimum Gasteiger partial charge on any atom is -0.319 e.